The molecule has 1 atom stereocenters. The number of alkyl halides is 1. The van der Waals surface area contributed by atoms with Gasteiger partial charge in [-0.2, -0.15) is 0 Å². The van der Waals surface area contributed by atoms with E-state index in [2.05, 4.69) is 23.8 Å². The van der Waals surface area contributed by atoms with Gasteiger partial charge in [-0.1, -0.05) is 0 Å². The summed E-state index contributed by atoms with van der Waals surface area (Å²) >= 11 is 5.78. The number of halogens is 2. The lowest BCUT2D eigenvalue weighted by Crippen LogP contribution is -2.50. The van der Waals surface area contributed by atoms with Crippen molar-refractivity contribution in [3.63, 3.8) is 0 Å². The Balaban J connectivity index is 2.24. The van der Waals surface area contributed by atoms with Gasteiger partial charge in [-0.15, -0.1) is 11.6 Å². The highest BCUT2D eigenvalue weighted by Gasteiger charge is 2.22. The second-order valence-corrected chi connectivity index (χ2v) is 5.02. The Morgan fingerprint density at radius 2 is 2.12 bits per heavy atom. The van der Waals surface area contributed by atoms with Crippen LogP contribution in [0.15, 0.2) is 18.2 Å². The van der Waals surface area contributed by atoms with Crippen LogP contribution in [-0.2, 0) is 5.88 Å². The molecule has 0 N–H and O–H groups in total. The molecule has 1 aromatic rings. The fraction of sp³-hybridized carbons (Fsp3) is 0.538. The first-order chi connectivity index (χ1) is 8.10. The minimum Gasteiger partial charge on any atom is -0.366 e. The van der Waals surface area contributed by atoms with E-state index in [1.54, 1.807) is 6.07 Å². The van der Waals surface area contributed by atoms with E-state index in [4.69, 9.17) is 11.6 Å². The predicted molar refractivity (Wildman–Crippen MR) is 70.3 cm³/mol. The van der Waals surface area contributed by atoms with Gasteiger partial charge in [0.1, 0.15) is 5.82 Å². The molecule has 1 unspecified atom stereocenters. The number of benzene rings is 1. The van der Waals surface area contributed by atoms with Crippen molar-refractivity contribution in [2.45, 2.75) is 18.8 Å². The van der Waals surface area contributed by atoms with Gasteiger partial charge >= 0.3 is 0 Å². The van der Waals surface area contributed by atoms with Crippen molar-refractivity contribution >= 4 is 17.3 Å². The SMILES string of the molecule is CC1CN(C)CCN1c1cc(F)cc(CCl)c1. The van der Waals surface area contributed by atoms with E-state index in [-0.39, 0.29) is 5.82 Å². The van der Waals surface area contributed by atoms with Gasteiger partial charge in [-0.3, -0.25) is 0 Å². The van der Waals surface area contributed by atoms with Crippen LogP contribution in [0.5, 0.6) is 0 Å². The highest BCUT2D eigenvalue weighted by Crippen LogP contribution is 2.23. The van der Waals surface area contributed by atoms with Crippen molar-refractivity contribution < 1.29 is 4.39 Å². The van der Waals surface area contributed by atoms with E-state index in [9.17, 15) is 4.39 Å². The van der Waals surface area contributed by atoms with Gasteiger partial charge in [0.05, 0.1) is 0 Å². The molecule has 2 nitrogen and oxygen atoms in total. The number of hydrogen-bond donors (Lipinski definition) is 0. The molecule has 0 aromatic heterocycles. The molecule has 1 aliphatic rings. The number of rotatable bonds is 2. The summed E-state index contributed by atoms with van der Waals surface area (Å²) in [6.07, 6.45) is 0. The van der Waals surface area contributed by atoms with Crippen LogP contribution in [-0.4, -0.2) is 37.6 Å². The zero-order chi connectivity index (χ0) is 12.4. The van der Waals surface area contributed by atoms with Crippen LogP contribution < -0.4 is 4.90 Å². The van der Waals surface area contributed by atoms with Crippen molar-refractivity contribution in [3.05, 3.63) is 29.6 Å². The van der Waals surface area contributed by atoms with Crippen LogP contribution in [0.3, 0.4) is 0 Å². The smallest absolute Gasteiger partial charge is 0.125 e. The molecule has 0 aliphatic carbocycles. The monoisotopic (exact) mass is 256 g/mol. The summed E-state index contributed by atoms with van der Waals surface area (Å²) in [5.41, 5.74) is 1.79. The molecule has 4 heteroatoms. The number of anilines is 1. The molecule has 0 spiro atoms. The minimum atomic E-state index is -0.204. The average Bonchev–Trinajstić information content (AvgIpc) is 2.28. The predicted octanol–water partition coefficient (Wildman–Crippen LogP) is 2.70. The van der Waals surface area contributed by atoms with Crippen molar-refractivity contribution in [1.29, 1.82) is 0 Å². The Morgan fingerprint density at radius 1 is 1.35 bits per heavy atom. The molecule has 0 bridgehead atoms. The van der Waals surface area contributed by atoms with Crippen molar-refractivity contribution in [3.8, 4) is 0 Å². The number of nitrogens with zero attached hydrogens (tertiary/aromatic N) is 2. The summed E-state index contributed by atoms with van der Waals surface area (Å²) in [7, 11) is 2.11. The largest absolute Gasteiger partial charge is 0.366 e. The summed E-state index contributed by atoms with van der Waals surface area (Å²) in [6.45, 7) is 5.12. The van der Waals surface area contributed by atoms with E-state index in [0.29, 0.717) is 11.9 Å². The zero-order valence-electron chi connectivity index (χ0n) is 10.3. The molecular weight excluding hydrogens is 239 g/mol. The molecule has 2 rings (SSSR count). The molecular formula is C13H18ClFN2. The summed E-state index contributed by atoms with van der Waals surface area (Å²) < 4.78 is 13.5. The van der Waals surface area contributed by atoms with E-state index < -0.39 is 0 Å². The third-order valence-electron chi connectivity index (χ3n) is 3.26. The van der Waals surface area contributed by atoms with Gasteiger partial charge in [-0.25, -0.2) is 4.39 Å². The van der Waals surface area contributed by atoms with Crippen molar-refractivity contribution in [1.82, 2.24) is 4.90 Å². The highest BCUT2D eigenvalue weighted by atomic mass is 35.5. The lowest BCUT2D eigenvalue weighted by molar-refractivity contribution is 0.275. The van der Waals surface area contributed by atoms with Crippen LogP contribution in [0.1, 0.15) is 12.5 Å². The van der Waals surface area contributed by atoms with Gasteiger partial charge in [0.25, 0.3) is 0 Å². The van der Waals surface area contributed by atoms with Crippen LogP contribution in [0.25, 0.3) is 0 Å². The number of likely N-dealkylation sites (N-methyl/N-ethyl adjacent to an activating group) is 1. The fourth-order valence-corrected chi connectivity index (χ4v) is 2.55. The van der Waals surface area contributed by atoms with Crippen LogP contribution in [0, 0.1) is 5.82 Å². The molecule has 1 aliphatic heterocycles. The van der Waals surface area contributed by atoms with E-state index in [1.165, 1.54) is 6.07 Å². The van der Waals surface area contributed by atoms with Gasteiger partial charge < -0.3 is 9.80 Å². The fourth-order valence-electron chi connectivity index (χ4n) is 2.40. The standard InChI is InChI=1S/C13H18ClFN2/c1-10-9-16(2)3-4-17(10)13-6-11(8-14)5-12(15)7-13/h5-7,10H,3-4,8-9H2,1-2H3. The first-order valence-electron chi connectivity index (χ1n) is 5.91. The maximum absolute atomic E-state index is 13.5. The van der Waals surface area contributed by atoms with E-state index >= 15 is 0 Å². The van der Waals surface area contributed by atoms with E-state index in [1.807, 2.05) is 6.07 Å². The summed E-state index contributed by atoms with van der Waals surface area (Å²) in [6, 6.07) is 5.48. The van der Waals surface area contributed by atoms with Crippen molar-refractivity contribution in [2.75, 3.05) is 31.6 Å². The molecule has 0 saturated carbocycles. The first-order valence-corrected chi connectivity index (χ1v) is 6.44. The Hall–Kier alpha value is -0.800. The topological polar surface area (TPSA) is 6.48 Å². The van der Waals surface area contributed by atoms with Crippen LogP contribution >= 0.6 is 11.6 Å². The Kier molecular flexibility index (Phi) is 3.89. The maximum Gasteiger partial charge on any atom is 0.125 e. The number of hydrogen-bond acceptors (Lipinski definition) is 2. The summed E-state index contributed by atoms with van der Waals surface area (Å²) in [5.74, 6) is 0.150. The van der Waals surface area contributed by atoms with Gasteiger partial charge in [0.2, 0.25) is 0 Å². The lowest BCUT2D eigenvalue weighted by Gasteiger charge is -2.40. The second-order valence-electron chi connectivity index (χ2n) is 4.76. The Morgan fingerprint density at radius 3 is 2.76 bits per heavy atom. The van der Waals surface area contributed by atoms with Gasteiger partial charge in [-0.05, 0) is 37.7 Å². The molecule has 1 fully saturated rings. The molecule has 1 aromatic carbocycles. The third kappa shape index (κ3) is 2.90. The van der Waals surface area contributed by atoms with Crippen molar-refractivity contribution in [2.24, 2.45) is 0 Å². The summed E-state index contributed by atoms with van der Waals surface area (Å²) in [5, 5.41) is 0. The summed E-state index contributed by atoms with van der Waals surface area (Å²) in [4.78, 5) is 4.54. The normalized spacial score (nSPS) is 21.9. The lowest BCUT2D eigenvalue weighted by atomic mass is 10.1. The molecule has 0 amide bonds. The molecule has 94 valence electrons. The quantitative estimate of drug-likeness (QED) is 0.751. The van der Waals surface area contributed by atoms with Gasteiger partial charge in [0.15, 0.2) is 0 Å². The van der Waals surface area contributed by atoms with Crippen LogP contribution in [0.2, 0.25) is 0 Å². The van der Waals surface area contributed by atoms with Gasteiger partial charge in [0, 0.05) is 37.2 Å². The third-order valence-corrected chi connectivity index (χ3v) is 3.57. The minimum absolute atomic E-state index is 0.204. The highest BCUT2D eigenvalue weighted by molar-refractivity contribution is 6.17. The Bertz CT molecular complexity index is 397. The second kappa shape index (κ2) is 5.23. The maximum atomic E-state index is 13.5. The molecule has 1 saturated heterocycles. The Labute approximate surface area is 107 Å². The first kappa shape index (κ1) is 12.7. The molecule has 1 heterocycles. The molecule has 17 heavy (non-hydrogen) atoms. The number of piperazine rings is 1. The zero-order valence-corrected chi connectivity index (χ0v) is 11.0. The van der Waals surface area contributed by atoms with E-state index in [0.717, 1.165) is 30.9 Å². The molecule has 0 radical (unpaired) electrons. The van der Waals surface area contributed by atoms with Crippen LogP contribution in [0.4, 0.5) is 10.1 Å². The average molecular weight is 257 g/mol.